The van der Waals surface area contributed by atoms with Crippen molar-refractivity contribution >= 4 is 23.7 Å². The Morgan fingerprint density at radius 1 is 0.781 bits per heavy atom. The van der Waals surface area contributed by atoms with Gasteiger partial charge in [-0.3, -0.25) is 9.59 Å². The van der Waals surface area contributed by atoms with Gasteiger partial charge >= 0.3 is 0 Å². The molecule has 0 aliphatic heterocycles. The zero-order chi connectivity index (χ0) is 23.1. The van der Waals surface area contributed by atoms with Gasteiger partial charge in [-0.2, -0.15) is 0 Å². The van der Waals surface area contributed by atoms with E-state index in [1.54, 1.807) is 36.4 Å². The number of methoxy groups -OCH3 is 2. The molecule has 0 saturated heterocycles. The molecule has 0 heterocycles. The molecule has 0 bridgehead atoms. The lowest BCUT2D eigenvalue weighted by molar-refractivity contribution is -0.137. The van der Waals surface area contributed by atoms with Gasteiger partial charge in [0.15, 0.2) is 34.6 Å². The highest BCUT2D eigenvalue weighted by molar-refractivity contribution is 6.17. The van der Waals surface area contributed by atoms with Crippen LogP contribution >= 0.6 is 0 Å². The van der Waals surface area contributed by atoms with Gasteiger partial charge in [0.1, 0.15) is 0 Å². The second-order valence-electron chi connectivity index (χ2n) is 7.90. The van der Waals surface area contributed by atoms with Gasteiger partial charge in [-0.15, -0.1) is 0 Å². The molecule has 0 atom stereocenters. The van der Waals surface area contributed by atoms with Crippen molar-refractivity contribution in [2.24, 2.45) is 5.41 Å². The Bertz CT molecular complexity index is 967. The molecule has 1 aliphatic rings. The zero-order valence-electron chi connectivity index (χ0n) is 18.3. The third-order valence-corrected chi connectivity index (χ3v) is 5.91. The summed E-state index contributed by atoms with van der Waals surface area (Å²) >= 11 is 0. The Hall–Kier alpha value is -3.54. The lowest BCUT2D eigenvalue weighted by atomic mass is 9.68. The molecule has 0 amide bonds. The van der Waals surface area contributed by atoms with E-state index in [0.29, 0.717) is 35.5 Å². The van der Waals surface area contributed by atoms with Crippen LogP contribution in [0.5, 0.6) is 23.0 Å². The molecule has 168 valence electrons. The molecular formula is C26H28O6. The van der Waals surface area contributed by atoms with Crippen LogP contribution in [-0.4, -0.2) is 36.0 Å². The van der Waals surface area contributed by atoms with E-state index in [-0.39, 0.29) is 23.1 Å². The molecular weight excluding hydrogens is 408 g/mol. The molecule has 1 aliphatic carbocycles. The van der Waals surface area contributed by atoms with Crippen LogP contribution < -0.4 is 9.47 Å². The number of carbonyl (C=O) groups excluding carboxylic acids is 2. The Balaban J connectivity index is 1.82. The summed E-state index contributed by atoms with van der Waals surface area (Å²) in [5.74, 6) is 0.191. The smallest absolute Gasteiger partial charge is 0.169 e. The molecule has 1 saturated carbocycles. The van der Waals surface area contributed by atoms with E-state index in [4.69, 9.17) is 9.47 Å². The standard InChI is InChI=1S/C26H28O6/c1-31-22-10-6-18(16-20(22)27)8-12-24(29)26(14-4-3-5-15-26)25(30)13-9-19-7-11-23(32-2)21(28)17-19/h6-13,16-17,27-28H,3-5,14-15H2,1-2H3/b12-8+,13-9+. The maximum atomic E-state index is 13.2. The minimum Gasteiger partial charge on any atom is -0.504 e. The quantitative estimate of drug-likeness (QED) is 0.450. The molecule has 2 N–H and O–H groups in total. The Labute approximate surface area is 187 Å². The van der Waals surface area contributed by atoms with Crippen LogP contribution in [0.3, 0.4) is 0 Å². The number of aromatic hydroxyl groups is 2. The van der Waals surface area contributed by atoms with Gasteiger partial charge in [-0.05, 0) is 60.4 Å². The summed E-state index contributed by atoms with van der Waals surface area (Å²) in [7, 11) is 2.93. The van der Waals surface area contributed by atoms with Crippen LogP contribution in [0, 0.1) is 5.41 Å². The fourth-order valence-corrected chi connectivity index (χ4v) is 4.05. The van der Waals surface area contributed by atoms with Crippen LogP contribution in [0.15, 0.2) is 48.6 Å². The average Bonchev–Trinajstić information content (AvgIpc) is 2.81. The predicted octanol–water partition coefficient (Wildman–Crippen LogP) is 4.93. The molecule has 0 spiro atoms. The number of hydrogen-bond acceptors (Lipinski definition) is 6. The largest absolute Gasteiger partial charge is 0.504 e. The summed E-state index contributed by atoms with van der Waals surface area (Å²) in [5, 5.41) is 19.9. The molecule has 6 heteroatoms. The predicted molar refractivity (Wildman–Crippen MR) is 123 cm³/mol. The third-order valence-electron chi connectivity index (χ3n) is 5.91. The van der Waals surface area contributed by atoms with Crippen LogP contribution in [0.25, 0.3) is 12.2 Å². The van der Waals surface area contributed by atoms with Crippen LogP contribution in [0.1, 0.15) is 43.2 Å². The molecule has 2 aromatic carbocycles. The molecule has 0 radical (unpaired) electrons. The highest BCUT2D eigenvalue weighted by Crippen LogP contribution is 2.39. The molecule has 2 aromatic rings. The number of rotatable bonds is 8. The van der Waals surface area contributed by atoms with Crippen molar-refractivity contribution in [2.75, 3.05) is 14.2 Å². The van der Waals surface area contributed by atoms with E-state index in [1.807, 2.05) is 0 Å². The summed E-state index contributed by atoms with van der Waals surface area (Å²) in [5.41, 5.74) is 0.187. The third kappa shape index (κ3) is 5.02. The number of phenols is 2. The number of hydrogen-bond donors (Lipinski definition) is 2. The molecule has 0 unspecified atom stereocenters. The van der Waals surface area contributed by atoms with Gasteiger partial charge in [0.2, 0.25) is 0 Å². The van der Waals surface area contributed by atoms with Gasteiger partial charge in [0.25, 0.3) is 0 Å². The lowest BCUT2D eigenvalue weighted by Gasteiger charge is -2.32. The van der Waals surface area contributed by atoms with Crippen molar-refractivity contribution < 1.29 is 29.3 Å². The fraction of sp³-hybridized carbons (Fsp3) is 0.308. The number of ketones is 2. The van der Waals surface area contributed by atoms with E-state index in [1.165, 1.54) is 38.5 Å². The Morgan fingerprint density at radius 3 is 1.59 bits per heavy atom. The minimum absolute atomic E-state index is 0.0174. The number of allylic oxidation sites excluding steroid dienone is 2. The fourth-order valence-electron chi connectivity index (χ4n) is 4.05. The zero-order valence-corrected chi connectivity index (χ0v) is 18.3. The monoisotopic (exact) mass is 436 g/mol. The Kier molecular flexibility index (Phi) is 7.36. The first-order valence-electron chi connectivity index (χ1n) is 10.6. The second kappa shape index (κ2) is 10.2. The summed E-state index contributed by atoms with van der Waals surface area (Å²) < 4.78 is 10.1. The van der Waals surface area contributed by atoms with Gasteiger partial charge < -0.3 is 19.7 Å². The average molecular weight is 437 g/mol. The maximum Gasteiger partial charge on any atom is 0.169 e. The lowest BCUT2D eigenvalue weighted by Crippen LogP contribution is -2.39. The first-order valence-corrected chi connectivity index (χ1v) is 10.6. The van der Waals surface area contributed by atoms with E-state index >= 15 is 0 Å². The van der Waals surface area contributed by atoms with Gasteiger partial charge in [0, 0.05) is 0 Å². The van der Waals surface area contributed by atoms with Crippen molar-refractivity contribution in [3.8, 4) is 23.0 Å². The van der Waals surface area contributed by atoms with Gasteiger partial charge in [-0.1, -0.05) is 43.5 Å². The van der Waals surface area contributed by atoms with E-state index in [9.17, 15) is 19.8 Å². The topological polar surface area (TPSA) is 93.1 Å². The molecule has 32 heavy (non-hydrogen) atoms. The number of carbonyl (C=O) groups is 2. The summed E-state index contributed by atoms with van der Waals surface area (Å²) in [6.45, 7) is 0. The molecule has 6 nitrogen and oxygen atoms in total. The summed E-state index contributed by atoms with van der Waals surface area (Å²) in [6, 6.07) is 9.71. The summed E-state index contributed by atoms with van der Waals surface area (Å²) in [6.07, 6.45) is 9.69. The van der Waals surface area contributed by atoms with Crippen molar-refractivity contribution in [1.29, 1.82) is 0 Å². The molecule has 3 rings (SSSR count). The minimum atomic E-state index is -1.09. The van der Waals surface area contributed by atoms with Crippen molar-refractivity contribution in [3.63, 3.8) is 0 Å². The van der Waals surface area contributed by atoms with Gasteiger partial charge in [0.05, 0.1) is 19.6 Å². The maximum absolute atomic E-state index is 13.2. The highest BCUT2D eigenvalue weighted by atomic mass is 16.5. The van der Waals surface area contributed by atoms with Crippen LogP contribution in [-0.2, 0) is 9.59 Å². The molecule has 1 fully saturated rings. The van der Waals surface area contributed by atoms with E-state index in [2.05, 4.69) is 0 Å². The second-order valence-corrected chi connectivity index (χ2v) is 7.90. The van der Waals surface area contributed by atoms with Crippen molar-refractivity contribution in [3.05, 3.63) is 59.7 Å². The Morgan fingerprint density at radius 2 is 1.22 bits per heavy atom. The molecule has 0 aromatic heterocycles. The number of benzene rings is 2. The van der Waals surface area contributed by atoms with Crippen LogP contribution in [0.4, 0.5) is 0 Å². The van der Waals surface area contributed by atoms with E-state index < -0.39 is 5.41 Å². The van der Waals surface area contributed by atoms with Crippen molar-refractivity contribution in [2.45, 2.75) is 32.1 Å². The van der Waals surface area contributed by atoms with Crippen LogP contribution in [0.2, 0.25) is 0 Å². The SMILES string of the molecule is COc1ccc(/C=C/C(=O)C2(C(=O)/C=C/c3ccc(OC)c(O)c3)CCCCC2)cc1O. The number of ether oxygens (including phenoxy) is 2. The van der Waals surface area contributed by atoms with Gasteiger partial charge in [-0.25, -0.2) is 0 Å². The summed E-state index contributed by atoms with van der Waals surface area (Å²) in [4.78, 5) is 26.4. The van der Waals surface area contributed by atoms with E-state index in [0.717, 1.165) is 19.3 Å². The first-order chi connectivity index (χ1) is 15.4. The first kappa shape index (κ1) is 23.1. The highest BCUT2D eigenvalue weighted by Gasteiger charge is 2.43. The van der Waals surface area contributed by atoms with Crippen molar-refractivity contribution in [1.82, 2.24) is 0 Å². The normalized spacial score (nSPS) is 15.7. The number of phenolic OH excluding ortho intramolecular Hbond substituents is 2.